The Balaban J connectivity index is 2.51. The van der Waals surface area contributed by atoms with Gasteiger partial charge in [-0.25, -0.2) is 0 Å². The molecule has 1 rings (SSSR count). The number of likely N-dealkylation sites (N-methyl/N-ethyl adjacent to an activating group) is 1. The van der Waals surface area contributed by atoms with Crippen molar-refractivity contribution in [2.45, 2.75) is 19.9 Å². The number of carbonyl (C=O) groups excluding carboxylic acids is 3. The maximum absolute atomic E-state index is 12.0. The standard InChI is InChI=1S/C15H19Cl2N3O3/c1-9(2)19-13(21)8-20(3)14(22)7-18-15(23)11-5-4-10(16)6-12(11)17/h4-6,9H,7-8H2,1-3H3,(H,18,23)(H,19,21). The van der Waals surface area contributed by atoms with E-state index in [2.05, 4.69) is 10.6 Å². The number of rotatable bonds is 6. The molecule has 1 aromatic carbocycles. The van der Waals surface area contributed by atoms with E-state index >= 15 is 0 Å². The van der Waals surface area contributed by atoms with Crippen LogP contribution in [-0.2, 0) is 9.59 Å². The van der Waals surface area contributed by atoms with Crippen molar-refractivity contribution in [2.75, 3.05) is 20.1 Å². The summed E-state index contributed by atoms with van der Waals surface area (Å²) in [6, 6.07) is 4.46. The average Bonchev–Trinajstić information content (AvgIpc) is 2.43. The Kier molecular flexibility index (Phi) is 7.32. The van der Waals surface area contributed by atoms with Gasteiger partial charge in [-0.15, -0.1) is 0 Å². The van der Waals surface area contributed by atoms with Crippen LogP contribution < -0.4 is 10.6 Å². The summed E-state index contributed by atoms with van der Waals surface area (Å²) in [6.45, 7) is 3.35. The highest BCUT2D eigenvalue weighted by Crippen LogP contribution is 2.20. The third-order valence-electron chi connectivity index (χ3n) is 2.83. The van der Waals surface area contributed by atoms with Gasteiger partial charge in [-0.3, -0.25) is 14.4 Å². The van der Waals surface area contributed by atoms with Crippen LogP contribution >= 0.6 is 23.2 Å². The number of nitrogens with zero attached hydrogens (tertiary/aromatic N) is 1. The van der Waals surface area contributed by atoms with Crippen LogP contribution in [0.5, 0.6) is 0 Å². The van der Waals surface area contributed by atoms with E-state index in [1.165, 1.54) is 30.1 Å². The van der Waals surface area contributed by atoms with E-state index in [0.29, 0.717) is 5.02 Å². The minimum absolute atomic E-state index is 0.00208. The predicted molar refractivity (Wildman–Crippen MR) is 89.7 cm³/mol. The van der Waals surface area contributed by atoms with Gasteiger partial charge < -0.3 is 15.5 Å². The molecule has 0 unspecified atom stereocenters. The van der Waals surface area contributed by atoms with Crippen molar-refractivity contribution in [3.8, 4) is 0 Å². The Morgan fingerprint density at radius 1 is 1.22 bits per heavy atom. The average molecular weight is 360 g/mol. The molecule has 0 aliphatic rings. The highest BCUT2D eigenvalue weighted by molar-refractivity contribution is 6.36. The number of halogens is 2. The molecule has 0 saturated carbocycles. The highest BCUT2D eigenvalue weighted by atomic mass is 35.5. The second kappa shape index (κ2) is 8.74. The van der Waals surface area contributed by atoms with E-state index in [0.717, 1.165) is 0 Å². The molecule has 2 N–H and O–H groups in total. The molecular formula is C15H19Cl2N3O3. The minimum Gasteiger partial charge on any atom is -0.352 e. The predicted octanol–water partition coefficient (Wildman–Crippen LogP) is 1.71. The Hall–Kier alpha value is -1.79. The number of nitrogens with one attached hydrogen (secondary N) is 2. The molecule has 126 valence electrons. The lowest BCUT2D eigenvalue weighted by molar-refractivity contribution is -0.134. The Labute approximate surface area is 145 Å². The molecule has 0 heterocycles. The summed E-state index contributed by atoms with van der Waals surface area (Å²) in [6.07, 6.45) is 0. The summed E-state index contributed by atoms with van der Waals surface area (Å²) in [5, 5.41) is 5.76. The highest BCUT2D eigenvalue weighted by Gasteiger charge is 2.16. The van der Waals surface area contributed by atoms with E-state index in [9.17, 15) is 14.4 Å². The van der Waals surface area contributed by atoms with Crippen molar-refractivity contribution in [3.63, 3.8) is 0 Å². The number of amides is 3. The van der Waals surface area contributed by atoms with Gasteiger partial charge in [0, 0.05) is 18.1 Å². The maximum atomic E-state index is 12.0. The van der Waals surface area contributed by atoms with Crippen LogP contribution in [-0.4, -0.2) is 48.8 Å². The first kappa shape index (κ1) is 19.3. The van der Waals surface area contributed by atoms with Crippen molar-refractivity contribution in [1.82, 2.24) is 15.5 Å². The molecule has 0 aliphatic heterocycles. The van der Waals surface area contributed by atoms with Crippen molar-refractivity contribution in [2.24, 2.45) is 0 Å². The molecule has 1 aromatic rings. The quantitative estimate of drug-likeness (QED) is 0.811. The van der Waals surface area contributed by atoms with Crippen LogP contribution in [0.25, 0.3) is 0 Å². The van der Waals surface area contributed by atoms with E-state index < -0.39 is 5.91 Å². The lowest BCUT2D eigenvalue weighted by Crippen LogP contribution is -2.44. The fourth-order valence-corrected chi connectivity index (χ4v) is 2.23. The van der Waals surface area contributed by atoms with Gasteiger partial charge in [0.05, 0.1) is 23.7 Å². The first-order chi connectivity index (χ1) is 10.7. The van der Waals surface area contributed by atoms with Crippen LogP contribution in [0.2, 0.25) is 10.0 Å². The van der Waals surface area contributed by atoms with Crippen LogP contribution in [0.4, 0.5) is 0 Å². The molecule has 8 heteroatoms. The Morgan fingerprint density at radius 3 is 2.43 bits per heavy atom. The van der Waals surface area contributed by atoms with Crippen LogP contribution in [0.1, 0.15) is 24.2 Å². The first-order valence-corrected chi connectivity index (χ1v) is 7.73. The van der Waals surface area contributed by atoms with Gasteiger partial charge in [0.1, 0.15) is 0 Å². The normalized spacial score (nSPS) is 10.3. The van der Waals surface area contributed by atoms with Gasteiger partial charge in [0.25, 0.3) is 5.91 Å². The molecule has 0 bridgehead atoms. The molecule has 0 spiro atoms. The summed E-state index contributed by atoms with van der Waals surface area (Å²) in [5.41, 5.74) is 0.226. The van der Waals surface area contributed by atoms with Crippen LogP contribution in [0.15, 0.2) is 18.2 Å². The van der Waals surface area contributed by atoms with E-state index in [1.807, 2.05) is 13.8 Å². The fourth-order valence-electron chi connectivity index (χ4n) is 1.73. The largest absolute Gasteiger partial charge is 0.352 e. The zero-order chi connectivity index (χ0) is 17.6. The Bertz CT molecular complexity index is 606. The third kappa shape index (κ3) is 6.46. The number of carbonyl (C=O) groups is 3. The second-order valence-corrected chi connectivity index (χ2v) is 6.12. The van der Waals surface area contributed by atoms with E-state index in [-0.39, 0.29) is 41.5 Å². The van der Waals surface area contributed by atoms with Crippen molar-refractivity contribution in [3.05, 3.63) is 33.8 Å². The van der Waals surface area contributed by atoms with E-state index in [1.54, 1.807) is 0 Å². The van der Waals surface area contributed by atoms with Gasteiger partial charge in [-0.05, 0) is 32.0 Å². The molecule has 0 aromatic heterocycles. The zero-order valence-corrected chi connectivity index (χ0v) is 14.7. The van der Waals surface area contributed by atoms with Crippen LogP contribution in [0.3, 0.4) is 0 Å². The lowest BCUT2D eigenvalue weighted by Gasteiger charge is -2.18. The number of hydrogen-bond donors (Lipinski definition) is 2. The molecule has 0 aliphatic carbocycles. The molecule has 3 amide bonds. The van der Waals surface area contributed by atoms with Crippen molar-refractivity contribution < 1.29 is 14.4 Å². The molecule has 0 atom stereocenters. The van der Waals surface area contributed by atoms with Gasteiger partial charge >= 0.3 is 0 Å². The van der Waals surface area contributed by atoms with Crippen molar-refractivity contribution in [1.29, 1.82) is 0 Å². The van der Waals surface area contributed by atoms with Gasteiger partial charge in [0.2, 0.25) is 11.8 Å². The van der Waals surface area contributed by atoms with Crippen molar-refractivity contribution >= 4 is 40.9 Å². The molecule has 6 nitrogen and oxygen atoms in total. The maximum Gasteiger partial charge on any atom is 0.253 e. The molecule has 0 saturated heterocycles. The lowest BCUT2D eigenvalue weighted by atomic mass is 10.2. The van der Waals surface area contributed by atoms with E-state index in [4.69, 9.17) is 23.2 Å². The van der Waals surface area contributed by atoms with Gasteiger partial charge in [-0.2, -0.15) is 0 Å². The number of hydrogen-bond acceptors (Lipinski definition) is 3. The molecule has 0 radical (unpaired) electrons. The SMILES string of the molecule is CC(C)NC(=O)CN(C)C(=O)CNC(=O)c1ccc(Cl)cc1Cl. The van der Waals surface area contributed by atoms with Gasteiger partial charge in [0.15, 0.2) is 0 Å². The molecular weight excluding hydrogens is 341 g/mol. The second-order valence-electron chi connectivity index (χ2n) is 5.28. The summed E-state index contributed by atoms with van der Waals surface area (Å²) < 4.78 is 0. The first-order valence-electron chi connectivity index (χ1n) is 6.97. The summed E-state index contributed by atoms with van der Waals surface area (Å²) >= 11 is 11.7. The summed E-state index contributed by atoms with van der Waals surface area (Å²) in [7, 11) is 1.49. The third-order valence-corrected chi connectivity index (χ3v) is 3.38. The fraction of sp³-hybridized carbons (Fsp3) is 0.400. The molecule has 23 heavy (non-hydrogen) atoms. The monoisotopic (exact) mass is 359 g/mol. The smallest absolute Gasteiger partial charge is 0.253 e. The topological polar surface area (TPSA) is 78.5 Å². The zero-order valence-electron chi connectivity index (χ0n) is 13.2. The van der Waals surface area contributed by atoms with Crippen LogP contribution in [0, 0.1) is 0 Å². The summed E-state index contributed by atoms with van der Waals surface area (Å²) in [5.74, 6) is -1.13. The Morgan fingerprint density at radius 2 is 1.87 bits per heavy atom. The number of benzene rings is 1. The van der Waals surface area contributed by atoms with Gasteiger partial charge in [-0.1, -0.05) is 23.2 Å². The molecule has 0 fully saturated rings. The minimum atomic E-state index is -0.486. The summed E-state index contributed by atoms with van der Waals surface area (Å²) in [4.78, 5) is 36.7.